The number of pyridine rings is 5. The number of aliphatic hydroxyl groups excluding tert-OH is 1. The van der Waals surface area contributed by atoms with E-state index in [0.717, 1.165) is 83.5 Å². The number of hydrogen-bond donors (Lipinski definition) is 2. The molecule has 8 rings (SSSR count). The van der Waals surface area contributed by atoms with Gasteiger partial charge in [-0.05, 0) is 130 Å². The van der Waals surface area contributed by atoms with E-state index >= 15 is 0 Å². The van der Waals surface area contributed by atoms with Crippen LogP contribution in [0.5, 0.6) is 5.75 Å². The Balaban J connectivity index is 0.000000217. The number of carbonyl (C=O) groups excluding carboxylic acids is 1. The summed E-state index contributed by atoms with van der Waals surface area (Å²) in [7, 11) is 1.33. The molecule has 6 aromatic heterocycles. The van der Waals surface area contributed by atoms with Crippen LogP contribution in [0.15, 0.2) is 103 Å². The first-order valence-electron chi connectivity index (χ1n) is 18.9. The number of fused-ring (bicyclic) bond motifs is 1. The molecule has 0 aliphatic carbocycles. The number of piperidine rings is 1. The largest absolute Gasteiger partial charge is 0.490 e. The minimum atomic E-state index is -0.401. The lowest BCUT2D eigenvalue weighted by atomic mass is 10.1. The maximum absolute atomic E-state index is 11.0. The zero-order chi connectivity index (χ0) is 41.9. The van der Waals surface area contributed by atoms with E-state index in [9.17, 15) is 4.79 Å². The maximum Gasteiger partial charge on any atom is 0.338 e. The molecule has 0 spiro atoms. The van der Waals surface area contributed by atoms with E-state index in [2.05, 4.69) is 52.8 Å². The normalized spacial score (nSPS) is 12.9. The summed E-state index contributed by atoms with van der Waals surface area (Å²) >= 11 is 11.2. The van der Waals surface area contributed by atoms with Crippen molar-refractivity contribution in [2.24, 2.45) is 0 Å². The molecule has 0 atom stereocenters. The summed E-state index contributed by atoms with van der Waals surface area (Å²) in [5.74, 6) is 1.82. The fraction of sp³-hybridized carbons (Fsp3) is 0.250. The number of nitrogens with zero attached hydrogens (tertiary/aromatic N) is 8. The van der Waals surface area contributed by atoms with Gasteiger partial charge in [0.2, 0.25) is 0 Å². The molecular formula is C44H45Cl2N9O4. The van der Waals surface area contributed by atoms with E-state index in [4.69, 9.17) is 43.8 Å². The van der Waals surface area contributed by atoms with Crippen LogP contribution in [-0.4, -0.2) is 76.7 Å². The summed E-state index contributed by atoms with van der Waals surface area (Å²) in [6.07, 6.45) is 5.74. The summed E-state index contributed by atoms with van der Waals surface area (Å²) < 4.78 is 12.9. The number of carbonyl (C=O) groups is 1. The highest BCUT2D eigenvalue weighted by Crippen LogP contribution is 2.28. The van der Waals surface area contributed by atoms with E-state index in [1.807, 2.05) is 66.9 Å². The first-order valence-corrected chi connectivity index (χ1v) is 19.7. The Morgan fingerprint density at radius 2 is 1.47 bits per heavy atom. The average molecular weight is 835 g/mol. The number of esters is 1. The number of aromatic nitrogens is 7. The highest BCUT2D eigenvalue weighted by atomic mass is 35.5. The number of aliphatic hydroxyl groups is 1. The molecule has 0 amide bonds. The standard InChI is InChI=1S/C29H29N7O.C8H8ClNO2.C7H8ClNO/c1-20-17-21(18-27(30)33-20)19-35-15-11-24(12-16-35)37-23-9-7-22(8-10-23)36-28-26(6-4-14-32-28)34-29(36)25-5-2-3-13-31-25;1-5-3-6(8(11)12-2)4-7(9)10-5;1-5-2-6(4-10)3-7(8)9-5/h2-10,13-14,17-18,24H,11-12,15-16,19H2,1H3,(H2,30,33);3-4H,1-2H3;2-3,10H,4H2,1H3. The van der Waals surface area contributed by atoms with Gasteiger partial charge in [0.25, 0.3) is 0 Å². The Bertz CT molecular complexity index is 2430. The molecule has 13 nitrogen and oxygen atoms in total. The van der Waals surface area contributed by atoms with Crippen LogP contribution in [0.2, 0.25) is 10.3 Å². The van der Waals surface area contributed by atoms with Gasteiger partial charge < -0.3 is 20.3 Å². The fourth-order valence-corrected chi connectivity index (χ4v) is 7.17. The van der Waals surface area contributed by atoms with Crippen molar-refractivity contribution in [3.8, 4) is 23.0 Å². The second-order valence-electron chi connectivity index (χ2n) is 13.9. The van der Waals surface area contributed by atoms with Gasteiger partial charge in [-0.3, -0.25) is 14.5 Å². The van der Waals surface area contributed by atoms with Crippen LogP contribution in [-0.2, 0) is 17.9 Å². The second kappa shape index (κ2) is 20.1. The van der Waals surface area contributed by atoms with E-state index < -0.39 is 5.97 Å². The molecule has 7 aromatic rings. The third kappa shape index (κ3) is 11.8. The van der Waals surface area contributed by atoms with Crippen LogP contribution in [0.1, 0.15) is 51.4 Å². The Hall–Kier alpha value is -5.99. The van der Waals surface area contributed by atoms with Crippen LogP contribution in [0.3, 0.4) is 0 Å². The van der Waals surface area contributed by atoms with Crippen LogP contribution in [0.25, 0.3) is 28.4 Å². The monoisotopic (exact) mass is 833 g/mol. The van der Waals surface area contributed by atoms with Crippen LogP contribution in [0.4, 0.5) is 5.82 Å². The minimum absolute atomic E-state index is 0.0169. The summed E-state index contributed by atoms with van der Waals surface area (Å²) in [6.45, 7) is 8.47. The van der Waals surface area contributed by atoms with Crippen molar-refractivity contribution in [2.75, 3.05) is 25.9 Å². The highest BCUT2D eigenvalue weighted by Gasteiger charge is 2.22. The van der Waals surface area contributed by atoms with Gasteiger partial charge in [-0.15, -0.1) is 0 Å². The molecule has 0 saturated carbocycles. The molecule has 59 heavy (non-hydrogen) atoms. The minimum Gasteiger partial charge on any atom is -0.490 e. The van der Waals surface area contributed by atoms with Crippen molar-refractivity contribution >= 4 is 46.2 Å². The Morgan fingerprint density at radius 1 is 0.797 bits per heavy atom. The number of halogens is 2. The number of aryl methyl sites for hydroxylation is 3. The zero-order valence-electron chi connectivity index (χ0n) is 33.2. The van der Waals surface area contributed by atoms with E-state index in [-0.39, 0.29) is 12.7 Å². The van der Waals surface area contributed by atoms with Crippen molar-refractivity contribution in [2.45, 2.75) is 52.9 Å². The van der Waals surface area contributed by atoms with Gasteiger partial charge in [0.05, 0.1) is 19.3 Å². The number of rotatable bonds is 8. The molecule has 0 bridgehead atoms. The predicted octanol–water partition coefficient (Wildman–Crippen LogP) is 8.18. The molecule has 1 aliphatic rings. The maximum atomic E-state index is 11.0. The van der Waals surface area contributed by atoms with Gasteiger partial charge in [0.1, 0.15) is 39.2 Å². The summed E-state index contributed by atoms with van der Waals surface area (Å²) in [5.41, 5.74) is 14.3. The molecule has 1 aromatic carbocycles. The van der Waals surface area contributed by atoms with Crippen LogP contribution in [0, 0.1) is 20.8 Å². The fourth-order valence-electron chi connectivity index (χ4n) is 6.64. The van der Waals surface area contributed by atoms with Gasteiger partial charge in [0.15, 0.2) is 11.5 Å². The molecule has 15 heteroatoms. The van der Waals surface area contributed by atoms with E-state index in [0.29, 0.717) is 27.4 Å². The molecule has 3 N–H and O–H groups in total. The van der Waals surface area contributed by atoms with Crippen molar-refractivity contribution in [1.29, 1.82) is 0 Å². The van der Waals surface area contributed by atoms with E-state index in [1.165, 1.54) is 18.7 Å². The van der Waals surface area contributed by atoms with Crippen molar-refractivity contribution in [3.05, 3.63) is 147 Å². The van der Waals surface area contributed by atoms with Gasteiger partial charge >= 0.3 is 5.97 Å². The van der Waals surface area contributed by atoms with Crippen LogP contribution >= 0.6 is 23.2 Å². The molecule has 0 unspecified atom stereocenters. The summed E-state index contributed by atoms with van der Waals surface area (Å²) in [4.78, 5) is 39.5. The number of nitrogen functional groups attached to an aromatic ring is 1. The van der Waals surface area contributed by atoms with Gasteiger partial charge in [-0.2, -0.15) is 0 Å². The SMILES string of the molecule is COC(=O)c1cc(C)nc(Cl)c1.Cc1cc(CN2CCC(Oc3ccc(-n4c(-c5ccccn5)nc5cccnc54)cc3)CC2)cc(N)n1.Cc1cc(CO)cc(Cl)n1. The third-order valence-electron chi connectivity index (χ3n) is 9.19. The Kier molecular flexibility index (Phi) is 14.5. The number of likely N-dealkylation sites (tertiary alicyclic amines) is 1. The lowest BCUT2D eigenvalue weighted by molar-refractivity contribution is 0.0600. The second-order valence-corrected chi connectivity index (χ2v) is 14.6. The quantitative estimate of drug-likeness (QED) is 0.112. The molecular weight excluding hydrogens is 789 g/mol. The first-order chi connectivity index (χ1) is 28.5. The topological polar surface area (TPSA) is 167 Å². The number of ether oxygens (including phenoxy) is 2. The third-order valence-corrected chi connectivity index (χ3v) is 9.58. The van der Waals surface area contributed by atoms with E-state index in [1.54, 1.807) is 37.5 Å². The predicted molar refractivity (Wildman–Crippen MR) is 230 cm³/mol. The van der Waals surface area contributed by atoms with Crippen molar-refractivity contribution in [3.63, 3.8) is 0 Å². The first kappa shape index (κ1) is 42.6. The smallest absolute Gasteiger partial charge is 0.338 e. The number of benzene rings is 1. The number of nitrogens with two attached hydrogens (primary N) is 1. The molecule has 1 fully saturated rings. The van der Waals surface area contributed by atoms with Crippen molar-refractivity contribution in [1.82, 2.24) is 39.4 Å². The van der Waals surface area contributed by atoms with Gasteiger partial charge in [-0.25, -0.2) is 29.7 Å². The summed E-state index contributed by atoms with van der Waals surface area (Å²) in [6, 6.07) is 28.5. The average Bonchev–Trinajstić information content (AvgIpc) is 3.61. The highest BCUT2D eigenvalue weighted by molar-refractivity contribution is 6.29. The van der Waals surface area contributed by atoms with Gasteiger partial charge in [-0.1, -0.05) is 29.3 Å². The Morgan fingerprint density at radius 3 is 2.12 bits per heavy atom. The number of hydrogen-bond acceptors (Lipinski definition) is 12. The zero-order valence-corrected chi connectivity index (χ0v) is 34.7. The lowest BCUT2D eigenvalue weighted by Gasteiger charge is -2.32. The molecule has 7 heterocycles. The molecule has 1 aliphatic heterocycles. The number of imidazole rings is 1. The molecule has 1 saturated heterocycles. The number of anilines is 1. The summed E-state index contributed by atoms with van der Waals surface area (Å²) in [5, 5.41) is 9.44. The molecule has 304 valence electrons. The van der Waals surface area contributed by atoms with Crippen molar-refractivity contribution < 1.29 is 19.4 Å². The van der Waals surface area contributed by atoms with Gasteiger partial charge in [0, 0.05) is 54.8 Å². The molecule has 0 radical (unpaired) electrons. The lowest BCUT2D eigenvalue weighted by Crippen LogP contribution is -2.37. The Labute approximate surface area is 352 Å². The number of methoxy groups -OCH3 is 1. The van der Waals surface area contributed by atoms with Crippen LogP contribution < -0.4 is 10.5 Å².